The average Bonchev–Trinajstić information content (AvgIpc) is 2.75. The van der Waals surface area contributed by atoms with Crippen molar-refractivity contribution >= 4 is 7.82 Å². The Balaban J connectivity index is 3.28. The molecule has 0 bridgehead atoms. The maximum Gasteiger partial charge on any atom is 0.267 e. The summed E-state index contributed by atoms with van der Waals surface area (Å²) in [5, 5.41) is 0. The summed E-state index contributed by atoms with van der Waals surface area (Å²) in [5.41, 5.74) is 0. The molecule has 1 atom stereocenters. The standard InChI is InChI=1S/C26H55O4P/c1-3-5-7-9-11-13-14-15-16-17-18-20-22-24-26-30-31(27,28)29-25-23-21-19-12-10-8-6-4-2/h3-26H2,1-2H3,(H,27,28)/p-1. The Bertz CT molecular complexity index is 390. The zero-order chi connectivity index (χ0) is 22.9. The van der Waals surface area contributed by atoms with Crippen molar-refractivity contribution < 1.29 is 18.5 Å². The lowest BCUT2D eigenvalue weighted by molar-refractivity contribution is -0.225. The van der Waals surface area contributed by atoms with Crippen LogP contribution in [0.1, 0.15) is 155 Å². The quantitative estimate of drug-likeness (QED) is 0.0951. The Morgan fingerprint density at radius 2 is 0.677 bits per heavy atom. The van der Waals surface area contributed by atoms with Crippen molar-refractivity contribution in [1.29, 1.82) is 0 Å². The van der Waals surface area contributed by atoms with Gasteiger partial charge in [0.2, 0.25) is 0 Å². The average molecular weight is 462 g/mol. The third-order valence-corrected chi connectivity index (χ3v) is 6.99. The van der Waals surface area contributed by atoms with Crippen molar-refractivity contribution in [2.75, 3.05) is 13.2 Å². The summed E-state index contributed by atoms with van der Waals surface area (Å²) in [6, 6.07) is 0. The fourth-order valence-corrected chi connectivity index (χ4v) is 4.70. The molecule has 5 heteroatoms. The maximum absolute atomic E-state index is 11.8. The van der Waals surface area contributed by atoms with Gasteiger partial charge in [-0.2, -0.15) is 0 Å². The van der Waals surface area contributed by atoms with Gasteiger partial charge in [-0.05, 0) is 12.8 Å². The van der Waals surface area contributed by atoms with E-state index in [2.05, 4.69) is 13.8 Å². The first-order valence-electron chi connectivity index (χ1n) is 13.7. The number of hydrogen-bond acceptors (Lipinski definition) is 4. The van der Waals surface area contributed by atoms with Crippen molar-refractivity contribution in [3.8, 4) is 0 Å². The lowest BCUT2D eigenvalue weighted by Gasteiger charge is -2.22. The summed E-state index contributed by atoms with van der Waals surface area (Å²) in [7, 11) is -4.10. The predicted molar refractivity (Wildman–Crippen MR) is 132 cm³/mol. The highest BCUT2D eigenvalue weighted by molar-refractivity contribution is 7.45. The maximum atomic E-state index is 11.8. The number of phosphoric acid groups is 1. The van der Waals surface area contributed by atoms with E-state index < -0.39 is 7.82 Å². The molecule has 0 aliphatic rings. The Hall–Kier alpha value is 0.110. The van der Waals surface area contributed by atoms with Crippen molar-refractivity contribution in [1.82, 2.24) is 0 Å². The van der Waals surface area contributed by atoms with Crippen LogP contribution in [0.2, 0.25) is 0 Å². The molecule has 0 spiro atoms. The van der Waals surface area contributed by atoms with Crippen LogP contribution in [0.25, 0.3) is 0 Å². The van der Waals surface area contributed by atoms with Crippen LogP contribution in [-0.2, 0) is 13.6 Å². The molecule has 0 aromatic carbocycles. The first-order chi connectivity index (χ1) is 15.1. The molecule has 0 saturated heterocycles. The highest BCUT2D eigenvalue weighted by Crippen LogP contribution is 2.38. The Labute approximate surface area is 194 Å². The second-order valence-corrected chi connectivity index (χ2v) is 10.6. The van der Waals surface area contributed by atoms with Gasteiger partial charge in [0.1, 0.15) is 0 Å². The Kier molecular flexibility index (Phi) is 24.8. The molecule has 0 saturated carbocycles. The largest absolute Gasteiger partial charge is 0.756 e. The second kappa shape index (κ2) is 24.7. The lowest BCUT2D eigenvalue weighted by atomic mass is 10.0. The number of hydrogen-bond donors (Lipinski definition) is 0. The predicted octanol–water partition coefficient (Wildman–Crippen LogP) is 9.11. The zero-order valence-electron chi connectivity index (χ0n) is 21.1. The Morgan fingerprint density at radius 3 is 0.935 bits per heavy atom. The van der Waals surface area contributed by atoms with Gasteiger partial charge in [-0.1, -0.05) is 142 Å². The molecular formula is C26H54O4P-. The minimum atomic E-state index is -4.10. The molecule has 188 valence electrons. The van der Waals surface area contributed by atoms with Crippen molar-refractivity contribution in [3.05, 3.63) is 0 Å². The molecule has 0 amide bonds. The zero-order valence-corrected chi connectivity index (χ0v) is 21.9. The summed E-state index contributed by atoms with van der Waals surface area (Å²) < 4.78 is 21.7. The van der Waals surface area contributed by atoms with Crippen LogP contribution in [0.15, 0.2) is 0 Å². The first kappa shape index (κ1) is 31.1. The van der Waals surface area contributed by atoms with Gasteiger partial charge in [0, 0.05) is 0 Å². The summed E-state index contributed by atoms with van der Waals surface area (Å²) in [4.78, 5) is 11.8. The Morgan fingerprint density at radius 1 is 0.452 bits per heavy atom. The van der Waals surface area contributed by atoms with Gasteiger partial charge < -0.3 is 13.9 Å². The van der Waals surface area contributed by atoms with Gasteiger partial charge >= 0.3 is 0 Å². The molecule has 0 aromatic rings. The van der Waals surface area contributed by atoms with Crippen LogP contribution in [0.4, 0.5) is 0 Å². The molecule has 4 nitrogen and oxygen atoms in total. The molecular weight excluding hydrogens is 407 g/mol. The topological polar surface area (TPSA) is 58.6 Å². The van der Waals surface area contributed by atoms with Gasteiger partial charge in [-0.15, -0.1) is 0 Å². The SMILES string of the molecule is CCCCCCCCCCCCCCCCOP(=O)([O-])OCCCCCCCCCC. The molecule has 0 rings (SSSR count). The van der Waals surface area contributed by atoms with Crippen molar-refractivity contribution in [3.63, 3.8) is 0 Å². The smallest absolute Gasteiger partial charge is 0.267 e. The van der Waals surface area contributed by atoms with Gasteiger partial charge in [0.25, 0.3) is 7.82 Å². The van der Waals surface area contributed by atoms with Crippen LogP contribution >= 0.6 is 7.82 Å². The summed E-state index contributed by atoms with van der Waals surface area (Å²) in [6.45, 7) is 5.01. The van der Waals surface area contributed by atoms with E-state index in [1.54, 1.807) is 0 Å². The first-order valence-corrected chi connectivity index (χ1v) is 15.2. The molecule has 0 fully saturated rings. The van der Waals surface area contributed by atoms with Gasteiger partial charge in [-0.25, -0.2) is 0 Å². The van der Waals surface area contributed by atoms with Crippen LogP contribution in [0, 0.1) is 0 Å². The van der Waals surface area contributed by atoms with Crippen LogP contribution in [-0.4, -0.2) is 13.2 Å². The van der Waals surface area contributed by atoms with Gasteiger partial charge in [0.05, 0.1) is 13.2 Å². The van der Waals surface area contributed by atoms with Gasteiger partial charge in [-0.3, -0.25) is 4.57 Å². The molecule has 0 aromatic heterocycles. The van der Waals surface area contributed by atoms with E-state index in [9.17, 15) is 9.46 Å². The van der Waals surface area contributed by atoms with Crippen LogP contribution in [0.3, 0.4) is 0 Å². The summed E-state index contributed by atoms with van der Waals surface area (Å²) >= 11 is 0. The lowest BCUT2D eigenvalue weighted by Crippen LogP contribution is -2.10. The molecule has 31 heavy (non-hydrogen) atoms. The van der Waals surface area contributed by atoms with E-state index in [0.29, 0.717) is 0 Å². The minimum Gasteiger partial charge on any atom is -0.756 e. The molecule has 0 radical (unpaired) electrons. The monoisotopic (exact) mass is 461 g/mol. The van der Waals surface area contributed by atoms with E-state index in [-0.39, 0.29) is 13.2 Å². The van der Waals surface area contributed by atoms with E-state index >= 15 is 0 Å². The van der Waals surface area contributed by atoms with E-state index in [1.165, 1.54) is 109 Å². The fourth-order valence-electron chi connectivity index (χ4n) is 3.92. The van der Waals surface area contributed by atoms with E-state index in [0.717, 1.165) is 32.1 Å². The normalized spacial score (nSPS) is 13.5. The molecule has 0 aliphatic heterocycles. The number of rotatable bonds is 26. The highest BCUT2D eigenvalue weighted by atomic mass is 31.2. The number of phosphoric ester groups is 1. The fraction of sp³-hybridized carbons (Fsp3) is 1.00. The number of unbranched alkanes of at least 4 members (excludes halogenated alkanes) is 20. The van der Waals surface area contributed by atoms with Crippen LogP contribution < -0.4 is 4.89 Å². The summed E-state index contributed by atoms with van der Waals surface area (Å²) in [6.07, 6.45) is 27.4. The minimum absolute atomic E-state index is 0.258. The summed E-state index contributed by atoms with van der Waals surface area (Å²) in [5.74, 6) is 0. The van der Waals surface area contributed by atoms with Crippen molar-refractivity contribution in [2.45, 2.75) is 155 Å². The van der Waals surface area contributed by atoms with Crippen LogP contribution in [0.5, 0.6) is 0 Å². The van der Waals surface area contributed by atoms with Crippen molar-refractivity contribution in [2.24, 2.45) is 0 Å². The molecule has 0 heterocycles. The molecule has 1 unspecified atom stereocenters. The third-order valence-electron chi connectivity index (χ3n) is 5.99. The van der Waals surface area contributed by atoms with E-state index in [1.807, 2.05) is 0 Å². The van der Waals surface area contributed by atoms with E-state index in [4.69, 9.17) is 9.05 Å². The molecule has 0 N–H and O–H groups in total. The second-order valence-electron chi connectivity index (χ2n) is 9.18. The highest BCUT2D eigenvalue weighted by Gasteiger charge is 2.08. The molecule has 0 aliphatic carbocycles. The van der Waals surface area contributed by atoms with Gasteiger partial charge in [0.15, 0.2) is 0 Å². The third kappa shape index (κ3) is 26.2.